The van der Waals surface area contributed by atoms with Gasteiger partial charge in [-0.1, -0.05) is 23.7 Å². The highest BCUT2D eigenvalue weighted by molar-refractivity contribution is 6.31. The molecule has 0 saturated carbocycles. The molecule has 0 bridgehead atoms. The number of amides is 1. The zero-order valence-corrected chi connectivity index (χ0v) is 19.4. The van der Waals surface area contributed by atoms with E-state index in [1.807, 2.05) is 25.1 Å². The van der Waals surface area contributed by atoms with Crippen molar-refractivity contribution in [3.8, 4) is 17.2 Å². The zero-order valence-electron chi connectivity index (χ0n) is 18.7. The van der Waals surface area contributed by atoms with Gasteiger partial charge in [0.15, 0.2) is 17.3 Å². The molecule has 0 aromatic heterocycles. The average Bonchev–Trinajstić information content (AvgIpc) is 2.79. The second-order valence-corrected chi connectivity index (χ2v) is 8.39. The Morgan fingerprint density at radius 3 is 2.38 bits per heavy atom. The van der Waals surface area contributed by atoms with Gasteiger partial charge in [0.1, 0.15) is 0 Å². The predicted octanol–water partition coefficient (Wildman–Crippen LogP) is 5.20. The third-order valence-electron chi connectivity index (χ3n) is 6.20. The Labute approximate surface area is 192 Å². The SMILES string of the molecule is COc1ccc([C@H]2CC(=O)N(c3ccc(C)c(Cl)c3)C3=C2C(=O)CCC3)c(OC)c1OC. The minimum atomic E-state index is -0.419. The molecule has 168 valence electrons. The maximum absolute atomic E-state index is 13.5. The maximum Gasteiger partial charge on any atom is 0.232 e. The molecule has 4 rings (SSSR count). The number of Topliss-reactive ketones (excluding diaryl/α,β-unsaturated/α-hetero) is 1. The first-order valence-electron chi connectivity index (χ1n) is 10.6. The van der Waals surface area contributed by atoms with Gasteiger partial charge in [0.2, 0.25) is 11.7 Å². The van der Waals surface area contributed by atoms with Crippen LogP contribution in [0.2, 0.25) is 5.02 Å². The molecule has 1 atom stereocenters. The second-order valence-electron chi connectivity index (χ2n) is 7.98. The van der Waals surface area contributed by atoms with E-state index in [1.54, 1.807) is 31.3 Å². The molecule has 1 amide bonds. The number of carbonyl (C=O) groups is 2. The number of halogens is 1. The summed E-state index contributed by atoms with van der Waals surface area (Å²) >= 11 is 6.35. The van der Waals surface area contributed by atoms with E-state index in [1.165, 1.54) is 7.11 Å². The molecular formula is C25H26ClNO5. The fourth-order valence-electron chi connectivity index (χ4n) is 4.68. The molecule has 6 nitrogen and oxygen atoms in total. The highest BCUT2D eigenvalue weighted by atomic mass is 35.5. The fourth-order valence-corrected chi connectivity index (χ4v) is 4.85. The molecule has 1 aliphatic heterocycles. The van der Waals surface area contributed by atoms with E-state index >= 15 is 0 Å². The summed E-state index contributed by atoms with van der Waals surface area (Å²) in [5.74, 6) is 0.997. The lowest BCUT2D eigenvalue weighted by Gasteiger charge is -2.38. The molecule has 1 aliphatic carbocycles. The summed E-state index contributed by atoms with van der Waals surface area (Å²) in [5.41, 5.74) is 3.77. The van der Waals surface area contributed by atoms with E-state index < -0.39 is 5.92 Å². The van der Waals surface area contributed by atoms with Gasteiger partial charge in [-0.05, 0) is 43.5 Å². The van der Waals surface area contributed by atoms with Crippen LogP contribution in [0.25, 0.3) is 0 Å². The standard InChI is InChI=1S/C25H26ClNO5/c1-14-8-9-15(12-18(14)26)27-19-6-5-7-20(28)23(19)17(13-22(27)29)16-10-11-21(30-2)25(32-4)24(16)31-3/h8-12,17H,5-7,13H2,1-4H3/t17-/m1/s1. The van der Waals surface area contributed by atoms with Gasteiger partial charge in [0, 0.05) is 40.6 Å². The molecule has 2 aliphatic rings. The predicted molar refractivity (Wildman–Crippen MR) is 123 cm³/mol. The van der Waals surface area contributed by atoms with Crippen LogP contribution in [-0.2, 0) is 9.59 Å². The molecule has 2 aromatic carbocycles. The van der Waals surface area contributed by atoms with Crippen molar-refractivity contribution in [2.75, 3.05) is 26.2 Å². The van der Waals surface area contributed by atoms with Crippen molar-refractivity contribution in [1.82, 2.24) is 0 Å². The number of ketones is 1. The fraction of sp³-hybridized carbons (Fsp3) is 0.360. The molecule has 0 spiro atoms. The Morgan fingerprint density at radius 2 is 1.72 bits per heavy atom. The van der Waals surface area contributed by atoms with Crippen LogP contribution in [0, 0.1) is 6.92 Å². The van der Waals surface area contributed by atoms with Crippen molar-refractivity contribution >= 4 is 29.0 Å². The number of hydrogen-bond acceptors (Lipinski definition) is 5. The summed E-state index contributed by atoms with van der Waals surface area (Å²) in [7, 11) is 4.64. The van der Waals surface area contributed by atoms with Crippen LogP contribution in [0.4, 0.5) is 5.69 Å². The zero-order chi connectivity index (χ0) is 23.0. The average molecular weight is 456 g/mol. The Bertz CT molecular complexity index is 1120. The molecule has 0 N–H and O–H groups in total. The molecule has 0 saturated heterocycles. The van der Waals surface area contributed by atoms with Crippen molar-refractivity contribution in [3.63, 3.8) is 0 Å². The molecule has 0 unspecified atom stereocenters. The van der Waals surface area contributed by atoms with Gasteiger partial charge >= 0.3 is 0 Å². The highest BCUT2D eigenvalue weighted by Crippen LogP contribution is 2.49. The van der Waals surface area contributed by atoms with E-state index in [9.17, 15) is 9.59 Å². The van der Waals surface area contributed by atoms with Crippen LogP contribution in [-0.4, -0.2) is 33.0 Å². The van der Waals surface area contributed by atoms with Gasteiger partial charge in [-0.15, -0.1) is 0 Å². The first kappa shape index (κ1) is 22.2. The van der Waals surface area contributed by atoms with Crippen molar-refractivity contribution in [2.45, 2.75) is 38.5 Å². The van der Waals surface area contributed by atoms with E-state index in [0.717, 1.165) is 16.8 Å². The van der Waals surface area contributed by atoms with Gasteiger partial charge in [0.25, 0.3) is 0 Å². The number of carbonyl (C=O) groups excluding carboxylic acids is 2. The van der Waals surface area contributed by atoms with Crippen molar-refractivity contribution < 1.29 is 23.8 Å². The lowest BCUT2D eigenvalue weighted by molar-refractivity contribution is -0.119. The number of anilines is 1. The molecule has 2 aromatic rings. The smallest absolute Gasteiger partial charge is 0.232 e. The van der Waals surface area contributed by atoms with Crippen LogP contribution >= 0.6 is 11.6 Å². The Hall–Kier alpha value is -2.99. The lowest BCUT2D eigenvalue weighted by Crippen LogP contribution is -2.40. The number of ether oxygens (including phenoxy) is 3. The Balaban J connectivity index is 1.90. The number of aryl methyl sites for hydroxylation is 1. The van der Waals surface area contributed by atoms with Gasteiger partial charge in [-0.2, -0.15) is 0 Å². The lowest BCUT2D eigenvalue weighted by atomic mass is 9.76. The van der Waals surface area contributed by atoms with E-state index in [0.29, 0.717) is 52.8 Å². The normalized spacial score (nSPS) is 18.5. The first-order valence-corrected chi connectivity index (χ1v) is 10.9. The second kappa shape index (κ2) is 8.87. The highest BCUT2D eigenvalue weighted by Gasteiger charge is 2.41. The van der Waals surface area contributed by atoms with Crippen molar-refractivity contribution in [3.05, 3.63) is 57.8 Å². The van der Waals surface area contributed by atoms with Crippen LogP contribution < -0.4 is 19.1 Å². The molecule has 0 radical (unpaired) electrons. The van der Waals surface area contributed by atoms with Crippen LogP contribution in [0.3, 0.4) is 0 Å². The summed E-state index contributed by atoms with van der Waals surface area (Å²) in [5, 5.41) is 0.586. The molecule has 7 heteroatoms. The monoisotopic (exact) mass is 455 g/mol. The number of rotatable bonds is 5. The Kier molecular flexibility index (Phi) is 6.15. The molecule has 0 fully saturated rings. The van der Waals surface area contributed by atoms with Crippen LogP contribution in [0.1, 0.15) is 42.7 Å². The van der Waals surface area contributed by atoms with Gasteiger partial charge < -0.3 is 14.2 Å². The van der Waals surface area contributed by atoms with E-state index in [2.05, 4.69) is 0 Å². The number of methoxy groups -OCH3 is 3. The van der Waals surface area contributed by atoms with Crippen LogP contribution in [0.15, 0.2) is 41.6 Å². The largest absolute Gasteiger partial charge is 0.493 e. The quantitative estimate of drug-likeness (QED) is 0.619. The number of allylic oxidation sites excluding steroid dienone is 2. The van der Waals surface area contributed by atoms with Gasteiger partial charge in [0.05, 0.1) is 27.0 Å². The number of benzene rings is 2. The van der Waals surface area contributed by atoms with Crippen molar-refractivity contribution in [2.24, 2.45) is 0 Å². The third-order valence-corrected chi connectivity index (χ3v) is 6.61. The minimum Gasteiger partial charge on any atom is -0.493 e. The number of nitrogens with zero attached hydrogens (tertiary/aromatic N) is 1. The third kappa shape index (κ3) is 3.62. The molecule has 1 heterocycles. The number of hydrogen-bond donors (Lipinski definition) is 0. The first-order chi connectivity index (χ1) is 15.4. The topological polar surface area (TPSA) is 65.1 Å². The minimum absolute atomic E-state index is 0.0591. The summed E-state index contributed by atoms with van der Waals surface area (Å²) in [6.45, 7) is 1.92. The summed E-state index contributed by atoms with van der Waals surface area (Å²) in [4.78, 5) is 28.3. The Morgan fingerprint density at radius 1 is 0.969 bits per heavy atom. The maximum atomic E-state index is 13.5. The van der Waals surface area contributed by atoms with Crippen molar-refractivity contribution in [1.29, 1.82) is 0 Å². The molecule has 32 heavy (non-hydrogen) atoms. The van der Waals surface area contributed by atoms with Gasteiger partial charge in [-0.3, -0.25) is 14.5 Å². The summed E-state index contributed by atoms with van der Waals surface area (Å²) in [6, 6.07) is 9.18. The van der Waals surface area contributed by atoms with Crippen LogP contribution in [0.5, 0.6) is 17.2 Å². The van der Waals surface area contributed by atoms with Gasteiger partial charge in [-0.25, -0.2) is 0 Å². The summed E-state index contributed by atoms with van der Waals surface area (Å²) in [6.07, 6.45) is 1.95. The van der Waals surface area contributed by atoms with E-state index in [4.69, 9.17) is 25.8 Å². The summed E-state index contributed by atoms with van der Waals surface area (Å²) < 4.78 is 16.6. The molecular weight excluding hydrogens is 430 g/mol. The van der Waals surface area contributed by atoms with E-state index in [-0.39, 0.29) is 18.1 Å².